The summed E-state index contributed by atoms with van der Waals surface area (Å²) in [5, 5.41) is 11.1. The van der Waals surface area contributed by atoms with E-state index in [-0.39, 0.29) is 29.5 Å². The van der Waals surface area contributed by atoms with Gasteiger partial charge in [0.1, 0.15) is 17.9 Å². The zero-order valence-electron chi connectivity index (χ0n) is 19.2. The van der Waals surface area contributed by atoms with E-state index in [1.807, 2.05) is 29.2 Å². The molecule has 10 nitrogen and oxygen atoms in total. The first kappa shape index (κ1) is 22.9. The number of methoxy groups -OCH3 is 1. The number of halogens is 1. The monoisotopic (exact) mass is 477 g/mol. The quantitative estimate of drug-likeness (QED) is 0.521. The summed E-state index contributed by atoms with van der Waals surface area (Å²) in [6, 6.07) is 10.6. The highest BCUT2D eigenvalue weighted by Crippen LogP contribution is 2.40. The van der Waals surface area contributed by atoms with Crippen LogP contribution in [0.25, 0.3) is 10.5 Å². The summed E-state index contributed by atoms with van der Waals surface area (Å²) in [5.74, 6) is -0.307. The third kappa shape index (κ3) is 4.58. The molecule has 2 atom stereocenters. The first-order valence-electron chi connectivity index (χ1n) is 11.3. The molecule has 1 amide bonds. The Bertz CT molecular complexity index is 1240. The van der Waals surface area contributed by atoms with Crippen LogP contribution in [0, 0.1) is 12.4 Å². The van der Waals surface area contributed by atoms with Crippen molar-refractivity contribution >= 4 is 11.6 Å². The van der Waals surface area contributed by atoms with Crippen LogP contribution in [0.5, 0.6) is 5.75 Å². The van der Waals surface area contributed by atoms with E-state index in [9.17, 15) is 9.18 Å². The van der Waals surface area contributed by atoms with Gasteiger partial charge in [-0.2, -0.15) is 0 Å². The van der Waals surface area contributed by atoms with Crippen molar-refractivity contribution in [2.75, 3.05) is 39.9 Å². The highest BCUT2D eigenvalue weighted by molar-refractivity contribution is 5.79. The van der Waals surface area contributed by atoms with Gasteiger partial charge in [-0.3, -0.25) is 9.69 Å². The zero-order chi connectivity index (χ0) is 24.4. The average Bonchev–Trinajstić information content (AvgIpc) is 3.43. The fraction of sp³-hybridized carbons (Fsp3) is 0.375. The van der Waals surface area contributed by atoms with Crippen molar-refractivity contribution in [2.24, 2.45) is 0 Å². The van der Waals surface area contributed by atoms with Crippen molar-refractivity contribution < 1.29 is 18.7 Å². The van der Waals surface area contributed by atoms with Gasteiger partial charge in [0, 0.05) is 31.7 Å². The third-order valence-electron chi connectivity index (χ3n) is 6.53. The Kier molecular flexibility index (Phi) is 6.39. The Morgan fingerprint density at radius 3 is 2.77 bits per heavy atom. The molecule has 0 radical (unpaired) electrons. The molecule has 0 unspecified atom stereocenters. The van der Waals surface area contributed by atoms with E-state index in [1.165, 1.54) is 19.5 Å². The van der Waals surface area contributed by atoms with Gasteiger partial charge >= 0.3 is 0 Å². The number of carbonyl (C=O) groups is 1. The predicted molar refractivity (Wildman–Crippen MR) is 123 cm³/mol. The van der Waals surface area contributed by atoms with Gasteiger partial charge in [0.25, 0.3) is 5.69 Å². The van der Waals surface area contributed by atoms with Gasteiger partial charge in [-0.05, 0) is 34.2 Å². The van der Waals surface area contributed by atoms with Gasteiger partial charge in [-0.25, -0.2) is 13.9 Å². The van der Waals surface area contributed by atoms with Gasteiger partial charge in [0.15, 0.2) is 0 Å². The number of morpholine rings is 1. The van der Waals surface area contributed by atoms with Gasteiger partial charge in [0.05, 0.1) is 44.5 Å². The van der Waals surface area contributed by atoms with Crippen molar-refractivity contribution in [3.05, 3.63) is 71.1 Å². The molecule has 0 aliphatic carbocycles. The maximum absolute atomic E-state index is 14.0. The Balaban J connectivity index is 1.20. The SMILES string of the molecule is [C-]#[N+]c1c(F)ccc([C@@H]2CN3CCN(C(=O)Cc4ccc(-n5cnnn5)cc4)C[C@H]3CO2)c1OC. The number of ether oxygens (including phenoxy) is 2. The van der Waals surface area contributed by atoms with E-state index >= 15 is 0 Å². The Labute approximate surface area is 201 Å². The number of rotatable bonds is 5. The van der Waals surface area contributed by atoms with Crippen molar-refractivity contribution in [2.45, 2.75) is 18.6 Å². The Hall–Kier alpha value is -3.88. The number of carbonyl (C=O) groups excluding carboxylic acids is 1. The van der Waals surface area contributed by atoms with Crippen molar-refractivity contribution in [3.63, 3.8) is 0 Å². The number of amides is 1. The predicted octanol–water partition coefficient (Wildman–Crippen LogP) is 2.19. The summed E-state index contributed by atoms with van der Waals surface area (Å²) in [7, 11) is 1.43. The van der Waals surface area contributed by atoms with E-state index in [0.29, 0.717) is 44.8 Å². The minimum Gasteiger partial charge on any atom is -0.507 e. The Morgan fingerprint density at radius 1 is 1.23 bits per heavy atom. The maximum Gasteiger partial charge on any atom is 0.263 e. The molecule has 5 rings (SSSR count). The van der Waals surface area contributed by atoms with Crippen LogP contribution in [-0.4, -0.2) is 81.9 Å². The van der Waals surface area contributed by atoms with Gasteiger partial charge in [-0.15, -0.1) is 5.10 Å². The molecule has 0 bridgehead atoms. The molecule has 1 aromatic heterocycles. The van der Waals surface area contributed by atoms with E-state index in [2.05, 4.69) is 25.3 Å². The average molecular weight is 478 g/mol. The summed E-state index contributed by atoms with van der Waals surface area (Å²) in [4.78, 5) is 20.4. The Morgan fingerprint density at radius 2 is 2.06 bits per heavy atom. The van der Waals surface area contributed by atoms with Crippen LogP contribution >= 0.6 is 0 Å². The molecule has 2 aliphatic heterocycles. The van der Waals surface area contributed by atoms with Crippen molar-refractivity contribution in [1.29, 1.82) is 0 Å². The zero-order valence-corrected chi connectivity index (χ0v) is 19.2. The van der Waals surface area contributed by atoms with Gasteiger partial charge < -0.3 is 14.4 Å². The van der Waals surface area contributed by atoms with Crippen molar-refractivity contribution in [3.8, 4) is 11.4 Å². The molecule has 0 spiro atoms. The molecule has 3 aromatic rings. The number of hydrogen-bond acceptors (Lipinski definition) is 7. The molecular weight excluding hydrogens is 453 g/mol. The van der Waals surface area contributed by atoms with Crippen LogP contribution in [0.3, 0.4) is 0 Å². The van der Waals surface area contributed by atoms with Crippen LogP contribution in [0.15, 0.2) is 42.7 Å². The van der Waals surface area contributed by atoms with Crippen LogP contribution in [0.2, 0.25) is 0 Å². The smallest absolute Gasteiger partial charge is 0.263 e. The van der Waals surface area contributed by atoms with Gasteiger partial charge in [-0.1, -0.05) is 18.2 Å². The van der Waals surface area contributed by atoms with Crippen molar-refractivity contribution in [1.82, 2.24) is 30.0 Å². The molecule has 0 N–H and O–H groups in total. The first-order valence-corrected chi connectivity index (χ1v) is 11.3. The lowest BCUT2D eigenvalue weighted by atomic mass is 10.0. The van der Waals surface area contributed by atoms with Crippen LogP contribution in [0.4, 0.5) is 10.1 Å². The number of tetrazole rings is 1. The fourth-order valence-electron chi connectivity index (χ4n) is 4.67. The summed E-state index contributed by atoms with van der Waals surface area (Å²) >= 11 is 0. The number of benzene rings is 2. The van der Waals surface area contributed by atoms with E-state index in [4.69, 9.17) is 16.0 Å². The normalized spacial score (nSPS) is 20.2. The minimum absolute atomic E-state index is 0.0730. The van der Waals surface area contributed by atoms with Crippen LogP contribution in [0.1, 0.15) is 17.2 Å². The van der Waals surface area contributed by atoms with E-state index < -0.39 is 5.82 Å². The molecule has 35 heavy (non-hydrogen) atoms. The van der Waals surface area contributed by atoms with E-state index in [1.54, 1.807) is 10.7 Å². The lowest BCUT2D eigenvalue weighted by molar-refractivity contribution is -0.139. The largest absolute Gasteiger partial charge is 0.507 e. The second-order valence-corrected chi connectivity index (χ2v) is 8.54. The molecule has 0 saturated carbocycles. The van der Waals surface area contributed by atoms with Crippen LogP contribution in [-0.2, 0) is 16.0 Å². The first-order chi connectivity index (χ1) is 17.1. The summed E-state index contributed by atoms with van der Waals surface area (Å²) in [6.45, 7) is 10.2. The molecule has 3 heterocycles. The second-order valence-electron chi connectivity index (χ2n) is 8.54. The van der Waals surface area contributed by atoms with Crippen LogP contribution < -0.4 is 4.74 Å². The molecule has 2 saturated heterocycles. The molecule has 2 aliphatic rings. The summed E-state index contributed by atoms with van der Waals surface area (Å²) in [6.07, 6.45) is 1.51. The third-order valence-corrected chi connectivity index (χ3v) is 6.53. The standard InChI is InChI=1S/C24H24FN7O3/c1-26-23-20(25)8-7-19(24(23)34-2)21-13-30-9-10-31(12-18(30)14-35-21)22(33)11-16-3-5-17(6-4-16)32-15-27-28-29-32/h3-8,15,18,21H,9-14H2,2H3/t18-,21-/m0/s1. The molecule has 2 aromatic carbocycles. The number of aromatic nitrogens is 4. The topological polar surface area (TPSA) is 90.0 Å². The highest BCUT2D eigenvalue weighted by Gasteiger charge is 2.36. The second kappa shape index (κ2) is 9.77. The summed E-state index contributed by atoms with van der Waals surface area (Å²) < 4.78 is 27.0. The highest BCUT2D eigenvalue weighted by atomic mass is 19.1. The number of piperazine rings is 1. The maximum atomic E-state index is 14.0. The fourth-order valence-corrected chi connectivity index (χ4v) is 4.67. The number of fused-ring (bicyclic) bond motifs is 1. The molecule has 180 valence electrons. The minimum atomic E-state index is -0.605. The number of nitrogens with zero attached hydrogens (tertiary/aromatic N) is 7. The lowest BCUT2D eigenvalue weighted by Crippen LogP contribution is -2.59. The molecular formula is C24H24FN7O3. The molecule has 2 fully saturated rings. The molecule has 11 heteroatoms. The summed E-state index contributed by atoms with van der Waals surface area (Å²) in [5.41, 5.74) is 2.29. The van der Waals surface area contributed by atoms with Gasteiger partial charge in [0.2, 0.25) is 5.91 Å². The number of hydrogen-bond donors (Lipinski definition) is 0. The van der Waals surface area contributed by atoms with E-state index in [0.717, 1.165) is 11.3 Å². The lowest BCUT2D eigenvalue weighted by Gasteiger charge is -2.46.